The van der Waals surface area contributed by atoms with E-state index in [1.54, 1.807) is 7.11 Å². The van der Waals surface area contributed by atoms with Crippen molar-refractivity contribution < 1.29 is 9.84 Å². The molecule has 0 aromatic heterocycles. The van der Waals surface area contributed by atoms with Crippen LogP contribution in [0.25, 0.3) is 0 Å². The molecular weight excluding hydrogens is 216 g/mol. The molecule has 3 unspecified atom stereocenters. The van der Waals surface area contributed by atoms with Gasteiger partial charge in [0, 0.05) is 26.2 Å². The smallest absolute Gasteiger partial charge is 0.0897 e. The number of nitrogens with zero attached hydrogens (tertiary/aromatic N) is 1. The van der Waals surface area contributed by atoms with E-state index < -0.39 is 6.10 Å². The highest BCUT2D eigenvalue weighted by molar-refractivity contribution is 4.80. The van der Waals surface area contributed by atoms with Gasteiger partial charge in [0.15, 0.2) is 0 Å². The lowest BCUT2D eigenvalue weighted by Crippen LogP contribution is -2.46. The highest BCUT2D eigenvalue weighted by Crippen LogP contribution is 2.19. The maximum absolute atomic E-state index is 9.60. The zero-order chi connectivity index (χ0) is 12.7. The lowest BCUT2D eigenvalue weighted by atomic mass is 9.91. The molecular formula is C13H28N2O2. The molecule has 0 aromatic rings. The molecule has 0 spiro atoms. The van der Waals surface area contributed by atoms with Crippen molar-refractivity contribution >= 4 is 0 Å². The summed E-state index contributed by atoms with van der Waals surface area (Å²) in [5.41, 5.74) is 0. The number of rotatable bonds is 7. The number of nitrogens with one attached hydrogen (secondary N) is 1. The Bertz CT molecular complexity index is 202. The second-order valence-corrected chi connectivity index (χ2v) is 5.10. The summed E-state index contributed by atoms with van der Waals surface area (Å²) in [7, 11) is 1.62. The number of methoxy groups -OCH3 is 1. The van der Waals surface area contributed by atoms with E-state index in [0.717, 1.165) is 6.54 Å². The lowest BCUT2D eigenvalue weighted by molar-refractivity contribution is 0.0593. The van der Waals surface area contributed by atoms with Crippen LogP contribution >= 0.6 is 0 Å². The first-order chi connectivity index (χ1) is 8.17. The molecule has 0 saturated carbocycles. The summed E-state index contributed by atoms with van der Waals surface area (Å²) in [4.78, 5) is 2.51. The van der Waals surface area contributed by atoms with Crippen LogP contribution in [-0.4, -0.2) is 62.0 Å². The minimum atomic E-state index is -0.395. The second-order valence-electron chi connectivity index (χ2n) is 5.10. The predicted octanol–water partition coefficient (Wildman–Crippen LogP) is 0.704. The molecule has 4 nitrogen and oxygen atoms in total. The molecule has 1 aliphatic heterocycles. The second kappa shape index (κ2) is 8.03. The number of piperidine rings is 1. The fraction of sp³-hybridized carbons (Fsp3) is 1.00. The fourth-order valence-electron chi connectivity index (χ4n) is 2.53. The van der Waals surface area contributed by atoms with Gasteiger partial charge in [-0.25, -0.2) is 0 Å². The van der Waals surface area contributed by atoms with Crippen molar-refractivity contribution in [3.63, 3.8) is 0 Å². The third-order valence-corrected chi connectivity index (χ3v) is 3.73. The van der Waals surface area contributed by atoms with Crippen molar-refractivity contribution in [1.29, 1.82) is 0 Å². The predicted molar refractivity (Wildman–Crippen MR) is 70.2 cm³/mol. The van der Waals surface area contributed by atoms with E-state index in [4.69, 9.17) is 4.74 Å². The van der Waals surface area contributed by atoms with E-state index >= 15 is 0 Å². The molecule has 1 heterocycles. The van der Waals surface area contributed by atoms with E-state index in [0.29, 0.717) is 25.1 Å². The zero-order valence-electron chi connectivity index (χ0n) is 11.5. The number of ether oxygens (including phenoxy) is 1. The Labute approximate surface area is 105 Å². The molecule has 0 amide bonds. The van der Waals surface area contributed by atoms with Crippen LogP contribution in [0, 0.1) is 5.92 Å². The van der Waals surface area contributed by atoms with Crippen LogP contribution in [0.5, 0.6) is 0 Å². The molecule has 0 aliphatic carbocycles. The van der Waals surface area contributed by atoms with Crippen molar-refractivity contribution in [2.24, 2.45) is 5.92 Å². The van der Waals surface area contributed by atoms with Crippen molar-refractivity contribution in [2.75, 3.05) is 39.9 Å². The van der Waals surface area contributed by atoms with Gasteiger partial charge in [-0.05, 0) is 38.8 Å². The van der Waals surface area contributed by atoms with E-state index in [1.807, 2.05) is 0 Å². The molecule has 17 heavy (non-hydrogen) atoms. The van der Waals surface area contributed by atoms with Crippen LogP contribution in [0.3, 0.4) is 0 Å². The van der Waals surface area contributed by atoms with Crippen LogP contribution in [0.4, 0.5) is 0 Å². The molecule has 4 heteroatoms. The average Bonchev–Trinajstić information content (AvgIpc) is 2.36. The third kappa shape index (κ3) is 5.34. The van der Waals surface area contributed by atoms with Gasteiger partial charge in [0.05, 0.1) is 12.7 Å². The SMILES string of the molecule is CCN1CCCC(C(C)NCC(O)COC)C1. The van der Waals surface area contributed by atoms with Gasteiger partial charge in [0.25, 0.3) is 0 Å². The Balaban J connectivity index is 2.24. The number of aliphatic hydroxyl groups excluding tert-OH is 1. The quantitative estimate of drug-likeness (QED) is 0.692. The van der Waals surface area contributed by atoms with E-state index in [-0.39, 0.29) is 0 Å². The maximum atomic E-state index is 9.60. The van der Waals surface area contributed by atoms with Crippen LogP contribution in [-0.2, 0) is 4.74 Å². The molecule has 3 atom stereocenters. The monoisotopic (exact) mass is 244 g/mol. The molecule has 0 bridgehead atoms. The van der Waals surface area contributed by atoms with Crippen molar-refractivity contribution in [2.45, 2.75) is 38.8 Å². The number of hydrogen-bond donors (Lipinski definition) is 2. The van der Waals surface area contributed by atoms with Gasteiger partial charge in [-0.15, -0.1) is 0 Å². The third-order valence-electron chi connectivity index (χ3n) is 3.73. The summed E-state index contributed by atoms with van der Waals surface area (Å²) in [6.07, 6.45) is 2.20. The van der Waals surface area contributed by atoms with Crippen molar-refractivity contribution in [3.05, 3.63) is 0 Å². The van der Waals surface area contributed by atoms with Gasteiger partial charge in [-0.3, -0.25) is 0 Å². The first kappa shape index (κ1) is 14.9. The van der Waals surface area contributed by atoms with Crippen LogP contribution in [0.1, 0.15) is 26.7 Å². The normalized spacial score (nSPS) is 25.8. The van der Waals surface area contributed by atoms with Gasteiger partial charge in [0.2, 0.25) is 0 Å². The highest BCUT2D eigenvalue weighted by atomic mass is 16.5. The topological polar surface area (TPSA) is 44.7 Å². The first-order valence-electron chi connectivity index (χ1n) is 6.80. The van der Waals surface area contributed by atoms with Gasteiger partial charge in [-0.1, -0.05) is 6.92 Å². The molecule has 1 rings (SSSR count). The van der Waals surface area contributed by atoms with Gasteiger partial charge < -0.3 is 20.1 Å². The minimum Gasteiger partial charge on any atom is -0.389 e. The van der Waals surface area contributed by atoms with E-state index in [9.17, 15) is 5.11 Å². The average molecular weight is 244 g/mol. The Kier molecular flexibility index (Phi) is 7.04. The number of aliphatic hydroxyl groups is 1. The van der Waals surface area contributed by atoms with Crippen LogP contribution in [0.2, 0.25) is 0 Å². The molecule has 2 N–H and O–H groups in total. The van der Waals surface area contributed by atoms with E-state index in [1.165, 1.54) is 25.9 Å². The lowest BCUT2D eigenvalue weighted by Gasteiger charge is -2.35. The summed E-state index contributed by atoms with van der Waals surface area (Å²) in [5.74, 6) is 0.707. The number of likely N-dealkylation sites (tertiary alicyclic amines) is 1. The highest BCUT2D eigenvalue weighted by Gasteiger charge is 2.23. The van der Waals surface area contributed by atoms with Gasteiger partial charge in [-0.2, -0.15) is 0 Å². The molecule has 1 aliphatic rings. The Morgan fingerprint density at radius 3 is 2.94 bits per heavy atom. The molecule has 1 fully saturated rings. The fourth-order valence-corrected chi connectivity index (χ4v) is 2.53. The van der Waals surface area contributed by atoms with Crippen molar-refractivity contribution in [1.82, 2.24) is 10.2 Å². The van der Waals surface area contributed by atoms with Crippen molar-refractivity contribution in [3.8, 4) is 0 Å². The summed E-state index contributed by atoms with van der Waals surface area (Å²) < 4.78 is 4.92. The molecule has 102 valence electrons. The van der Waals surface area contributed by atoms with E-state index in [2.05, 4.69) is 24.1 Å². The standard InChI is InChI=1S/C13H28N2O2/c1-4-15-7-5-6-12(9-15)11(2)14-8-13(16)10-17-3/h11-14,16H,4-10H2,1-3H3. The van der Waals surface area contributed by atoms with Gasteiger partial charge in [0.1, 0.15) is 0 Å². The maximum Gasteiger partial charge on any atom is 0.0897 e. The Hall–Kier alpha value is -0.160. The first-order valence-corrected chi connectivity index (χ1v) is 6.80. The Morgan fingerprint density at radius 2 is 2.29 bits per heavy atom. The summed E-state index contributed by atoms with van der Waals surface area (Å²) in [5, 5.41) is 13.0. The number of hydrogen-bond acceptors (Lipinski definition) is 4. The Morgan fingerprint density at radius 1 is 1.53 bits per heavy atom. The van der Waals surface area contributed by atoms with Crippen LogP contribution < -0.4 is 5.32 Å². The molecule has 0 aromatic carbocycles. The molecule has 1 saturated heterocycles. The minimum absolute atomic E-state index is 0.395. The largest absolute Gasteiger partial charge is 0.389 e. The summed E-state index contributed by atoms with van der Waals surface area (Å²) in [6, 6.07) is 0.468. The van der Waals surface area contributed by atoms with Gasteiger partial charge >= 0.3 is 0 Å². The summed E-state index contributed by atoms with van der Waals surface area (Å²) >= 11 is 0. The van der Waals surface area contributed by atoms with Crippen LogP contribution in [0.15, 0.2) is 0 Å². The molecule has 0 radical (unpaired) electrons. The summed E-state index contributed by atoms with van der Waals surface area (Å²) in [6.45, 7) is 9.06. The zero-order valence-corrected chi connectivity index (χ0v) is 11.5.